The number of hydrogen-bond donors (Lipinski definition) is 3. The quantitative estimate of drug-likeness (QED) is 0.660. The van der Waals surface area contributed by atoms with Crippen molar-refractivity contribution in [3.05, 3.63) is 65.7 Å². The number of nitrogen functional groups attached to an aromatic ring is 1. The molecule has 0 aliphatic carbocycles. The van der Waals surface area contributed by atoms with Gasteiger partial charge in [0.05, 0.1) is 0 Å². The number of nitrogens with two attached hydrogens (primary N) is 1. The molecule has 2 rings (SSSR count). The van der Waals surface area contributed by atoms with Crippen molar-refractivity contribution >= 4 is 36.4 Å². The number of rotatable bonds is 6. The maximum atomic E-state index is 12.2. The van der Waals surface area contributed by atoms with Gasteiger partial charge in [0.15, 0.2) is 0 Å². The van der Waals surface area contributed by atoms with Gasteiger partial charge < -0.3 is 16.4 Å². The Morgan fingerprint density at radius 1 is 1.08 bits per heavy atom. The van der Waals surface area contributed by atoms with Gasteiger partial charge in [-0.2, -0.15) is 0 Å². The minimum atomic E-state index is -0.231. The molecular formula is C19H27Cl2N3O. The second-order valence-corrected chi connectivity index (χ2v) is 6.47. The number of carbonyl (C=O) groups is 1. The molecule has 25 heavy (non-hydrogen) atoms. The van der Waals surface area contributed by atoms with Crippen LogP contribution in [0.15, 0.2) is 54.6 Å². The van der Waals surface area contributed by atoms with E-state index in [4.69, 9.17) is 5.73 Å². The third-order valence-electron chi connectivity index (χ3n) is 3.75. The minimum Gasteiger partial charge on any atom is -0.399 e. The Balaban J connectivity index is 0.00000288. The fourth-order valence-corrected chi connectivity index (χ4v) is 2.55. The lowest BCUT2D eigenvalue weighted by molar-refractivity contribution is 0.0941. The highest BCUT2D eigenvalue weighted by Gasteiger charge is 2.21. The van der Waals surface area contributed by atoms with Gasteiger partial charge in [-0.05, 0) is 44.5 Å². The first-order valence-electron chi connectivity index (χ1n) is 7.84. The molecular weight excluding hydrogens is 357 g/mol. The average molecular weight is 384 g/mol. The van der Waals surface area contributed by atoms with Crippen LogP contribution in [0, 0.1) is 0 Å². The van der Waals surface area contributed by atoms with E-state index in [1.807, 2.05) is 18.2 Å². The van der Waals surface area contributed by atoms with Crippen LogP contribution in [0.4, 0.5) is 5.69 Å². The van der Waals surface area contributed by atoms with Gasteiger partial charge in [-0.3, -0.25) is 4.79 Å². The summed E-state index contributed by atoms with van der Waals surface area (Å²) < 4.78 is 0. The van der Waals surface area contributed by atoms with Crippen molar-refractivity contribution in [2.75, 3.05) is 12.3 Å². The molecule has 0 bridgehead atoms. The van der Waals surface area contributed by atoms with Crippen molar-refractivity contribution in [1.82, 2.24) is 10.6 Å². The summed E-state index contributed by atoms with van der Waals surface area (Å²) in [6.45, 7) is 6.80. The normalized spacial score (nSPS) is 11.6. The molecule has 4 nitrogen and oxygen atoms in total. The van der Waals surface area contributed by atoms with Crippen LogP contribution in [0.3, 0.4) is 0 Å². The van der Waals surface area contributed by atoms with E-state index in [2.05, 4.69) is 43.5 Å². The molecule has 0 aromatic heterocycles. The zero-order chi connectivity index (χ0) is 16.9. The molecule has 0 spiro atoms. The van der Waals surface area contributed by atoms with E-state index in [1.165, 1.54) is 5.56 Å². The minimum absolute atomic E-state index is 0. The highest BCUT2D eigenvalue weighted by Crippen LogP contribution is 2.16. The molecule has 6 heteroatoms. The van der Waals surface area contributed by atoms with Crippen LogP contribution >= 0.6 is 24.8 Å². The second kappa shape index (κ2) is 10.3. The van der Waals surface area contributed by atoms with E-state index in [0.29, 0.717) is 17.8 Å². The SMILES string of the molecule is CC(NC(C)(C)CNC(=O)c1cccc(N)c1)c1ccccc1.Cl.Cl. The van der Waals surface area contributed by atoms with Gasteiger partial charge in [-0.1, -0.05) is 36.4 Å². The molecule has 2 aromatic carbocycles. The van der Waals surface area contributed by atoms with Crippen LogP contribution in [-0.4, -0.2) is 18.0 Å². The Morgan fingerprint density at radius 2 is 1.72 bits per heavy atom. The first-order chi connectivity index (χ1) is 10.9. The van der Waals surface area contributed by atoms with E-state index >= 15 is 0 Å². The van der Waals surface area contributed by atoms with Crippen molar-refractivity contribution in [1.29, 1.82) is 0 Å². The van der Waals surface area contributed by atoms with E-state index in [-0.39, 0.29) is 42.3 Å². The molecule has 138 valence electrons. The van der Waals surface area contributed by atoms with Crippen molar-refractivity contribution < 1.29 is 4.79 Å². The van der Waals surface area contributed by atoms with Gasteiger partial charge in [-0.15, -0.1) is 24.8 Å². The summed E-state index contributed by atoms with van der Waals surface area (Å²) in [4.78, 5) is 12.2. The molecule has 0 saturated carbocycles. The number of halogens is 2. The van der Waals surface area contributed by atoms with Gasteiger partial charge in [0.2, 0.25) is 0 Å². The number of benzene rings is 2. The van der Waals surface area contributed by atoms with Gasteiger partial charge >= 0.3 is 0 Å². The predicted molar refractivity (Wildman–Crippen MR) is 110 cm³/mol. The number of amides is 1. The topological polar surface area (TPSA) is 67.1 Å². The Hall–Kier alpha value is -1.75. The van der Waals surface area contributed by atoms with Crippen molar-refractivity contribution in [3.63, 3.8) is 0 Å². The molecule has 0 heterocycles. The lowest BCUT2D eigenvalue weighted by Gasteiger charge is -2.31. The number of nitrogens with one attached hydrogen (secondary N) is 2. The number of carbonyl (C=O) groups excluding carboxylic acids is 1. The Labute approximate surface area is 162 Å². The second-order valence-electron chi connectivity index (χ2n) is 6.47. The van der Waals surface area contributed by atoms with Crippen LogP contribution in [-0.2, 0) is 0 Å². The molecule has 1 atom stereocenters. The summed E-state index contributed by atoms with van der Waals surface area (Å²) in [7, 11) is 0. The predicted octanol–water partition coefficient (Wildman–Crippen LogP) is 3.97. The zero-order valence-corrected chi connectivity index (χ0v) is 16.4. The molecule has 4 N–H and O–H groups in total. The van der Waals surface area contributed by atoms with Crippen molar-refractivity contribution in [2.45, 2.75) is 32.4 Å². The molecule has 0 aliphatic heterocycles. The molecule has 1 amide bonds. The van der Waals surface area contributed by atoms with Crippen LogP contribution in [0.25, 0.3) is 0 Å². The summed E-state index contributed by atoms with van der Waals surface area (Å²) >= 11 is 0. The summed E-state index contributed by atoms with van der Waals surface area (Å²) in [6.07, 6.45) is 0. The van der Waals surface area contributed by atoms with Crippen LogP contribution in [0.1, 0.15) is 42.7 Å². The van der Waals surface area contributed by atoms with Gasteiger partial charge in [0.1, 0.15) is 0 Å². The highest BCUT2D eigenvalue weighted by atomic mass is 35.5. The standard InChI is InChI=1S/C19H25N3O.2ClH/c1-14(15-8-5-4-6-9-15)22-19(2,3)13-21-18(23)16-10-7-11-17(20)12-16;;/h4-12,14,22H,13,20H2,1-3H3,(H,21,23);2*1H. The monoisotopic (exact) mass is 383 g/mol. The summed E-state index contributed by atoms with van der Waals surface area (Å²) in [5, 5.41) is 6.52. The summed E-state index contributed by atoms with van der Waals surface area (Å²) in [5.41, 5.74) is 7.88. The summed E-state index contributed by atoms with van der Waals surface area (Å²) in [5.74, 6) is -0.112. The summed E-state index contributed by atoms with van der Waals surface area (Å²) in [6, 6.07) is 17.5. The lowest BCUT2D eigenvalue weighted by Crippen LogP contribution is -2.49. The first-order valence-corrected chi connectivity index (χ1v) is 7.84. The molecule has 0 aliphatic rings. The van der Waals surface area contributed by atoms with Crippen LogP contribution in [0.2, 0.25) is 0 Å². The Morgan fingerprint density at radius 3 is 2.32 bits per heavy atom. The fraction of sp³-hybridized carbons (Fsp3) is 0.316. The third kappa shape index (κ3) is 7.34. The first kappa shape index (κ1) is 23.2. The van der Waals surface area contributed by atoms with E-state index in [9.17, 15) is 4.79 Å². The van der Waals surface area contributed by atoms with Crippen molar-refractivity contribution in [3.8, 4) is 0 Å². The van der Waals surface area contributed by atoms with Crippen LogP contribution in [0.5, 0.6) is 0 Å². The van der Waals surface area contributed by atoms with Gasteiger partial charge in [0, 0.05) is 29.4 Å². The maximum Gasteiger partial charge on any atom is 0.251 e. The number of anilines is 1. The average Bonchev–Trinajstić information content (AvgIpc) is 2.53. The highest BCUT2D eigenvalue weighted by molar-refractivity contribution is 5.95. The van der Waals surface area contributed by atoms with E-state index in [0.717, 1.165) is 0 Å². The van der Waals surface area contributed by atoms with Crippen LogP contribution < -0.4 is 16.4 Å². The Kier molecular flexibility index (Phi) is 9.57. The largest absolute Gasteiger partial charge is 0.399 e. The van der Waals surface area contributed by atoms with Gasteiger partial charge in [-0.25, -0.2) is 0 Å². The number of hydrogen-bond acceptors (Lipinski definition) is 3. The fourth-order valence-electron chi connectivity index (χ4n) is 2.55. The molecule has 2 aromatic rings. The smallest absolute Gasteiger partial charge is 0.251 e. The van der Waals surface area contributed by atoms with E-state index in [1.54, 1.807) is 24.3 Å². The molecule has 0 saturated heterocycles. The Bertz CT molecular complexity index is 663. The van der Waals surface area contributed by atoms with Crippen molar-refractivity contribution in [2.24, 2.45) is 0 Å². The maximum absolute atomic E-state index is 12.2. The molecule has 0 fully saturated rings. The van der Waals surface area contributed by atoms with E-state index < -0.39 is 0 Å². The lowest BCUT2D eigenvalue weighted by atomic mass is 10.0. The third-order valence-corrected chi connectivity index (χ3v) is 3.75. The molecule has 1 unspecified atom stereocenters. The van der Waals surface area contributed by atoms with Gasteiger partial charge in [0.25, 0.3) is 5.91 Å². The molecule has 0 radical (unpaired) electrons. The zero-order valence-electron chi connectivity index (χ0n) is 14.8.